The summed E-state index contributed by atoms with van der Waals surface area (Å²) in [6.45, 7) is 0.822. The van der Waals surface area contributed by atoms with E-state index in [1.165, 1.54) is 11.3 Å². The Morgan fingerprint density at radius 2 is 2.20 bits per heavy atom. The van der Waals surface area contributed by atoms with E-state index in [4.69, 9.17) is 0 Å². The molecule has 1 aliphatic heterocycles. The highest BCUT2D eigenvalue weighted by Crippen LogP contribution is 2.31. The molecular formula is C16H17N3O. The number of fused-ring (bicyclic) bond motifs is 2. The number of rotatable bonds is 1. The average molecular weight is 267 g/mol. The van der Waals surface area contributed by atoms with Crippen molar-refractivity contribution in [2.75, 3.05) is 11.4 Å². The van der Waals surface area contributed by atoms with Crippen molar-refractivity contribution in [2.45, 2.75) is 25.7 Å². The number of aromatic amines is 1. The number of hydrogen-bond donors (Lipinski definition) is 1. The Morgan fingerprint density at radius 1 is 1.30 bits per heavy atom. The van der Waals surface area contributed by atoms with Crippen LogP contribution in [0.3, 0.4) is 0 Å². The van der Waals surface area contributed by atoms with E-state index in [1.807, 2.05) is 17.0 Å². The second-order valence-electron chi connectivity index (χ2n) is 5.64. The Bertz CT molecular complexity index is 661. The van der Waals surface area contributed by atoms with Gasteiger partial charge in [0.25, 0.3) is 0 Å². The fourth-order valence-electron chi connectivity index (χ4n) is 3.39. The number of aryl methyl sites for hydroxylation is 1. The largest absolute Gasteiger partial charge is 0.348 e. The average Bonchev–Trinajstić information content (AvgIpc) is 3.12. The Balaban J connectivity index is 1.58. The molecule has 2 aromatic rings. The molecular weight excluding hydrogens is 250 g/mol. The Kier molecular flexibility index (Phi) is 2.62. The highest BCUT2D eigenvalue weighted by molar-refractivity contribution is 5.97. The SMILES string of the molecule is O=C(C1CCc2[nH]cnc2C1)N1CCc2ccccc21. The third-order valence-corrected chi connectivity index (χ3v) is 4.49. The van der Waals surface area contributed by atoms with Gasteiger partial charge < -0.3 is 9.88 Å². The quantitative estimate of drug-likeness (QED) is 0.860. The van der Waals surface area contributed by atoms with E-state index in [0.29, 0.717) is 0 Å². The van der Waals surface area contributed by atoms with Gasteiger partial charge in [-0.25, -0.2) is 4.98 Å². The topological polar surface area (TPSA) is 49.0 Å². The van der Waals surface area contributed by atoms with Crippen molar-refractivity contribution in [1.29, 1.82) is 0 Å². The normalized spacial score (nSPS) is 20.6. The molecule has 2 heterocycles. The van der Waals surface area contributed by atoms with E-state index in [-0.39, 0.29) is 11.8 Å². The van der Waals surface area contributed by atoms with Gasteiger partial charge in [-0.3, -0.25) is 4.79 Å². The zero-order valence-corrected chi connectivity index (χ0v) is 11.3. The van der Waals surface area contributed by atoms with Crippen molar-refractivity contribution in [3.63, 3.8) is 0 Å². The minimum atomic E-state index is 0.0805. The lowest BCUT2D eigenvalue weighted by Gasteiger charge is -2.26. The number of nitrogens with zero attached hydrogens (tertiary/aromatic N) is 2. The number of anilines is 1. The second kappa shape index (κ2) is 4.47. The van der Waals surface area contributed by atoms with Gasteiger partial charge in [0.15, 0.2) is 0 Å². The van der Waals surface area contributed by atoms with Crippen LogP contribution in [0.15, 0.2) is 30.6 Å². The molecule has 20 heavy (non-hydrogen) atoms. The minimum Gasteiger partial charge on any atom is -0.348 e. The number of imidazole rings is 1. The van der Waals surface area contributed by atoms with Gasteiger partial charge >= 0.3 is 0 Å². The molecule has 4 heteroatoms. The van der Waals surface area contributed by atoms with Gasteiger partial charge in [0.2, 0.25) is 5.91 Å². The first-order chi connectivity index (χ1) is 9.83. The summed E-state index contributed by atoms with van der Waals surface area (Å²) in [6, 6.07) is 8.23. The van der Waals surface area contributed by atoms with Crippen LogP contribution in [0.4, 0.5) is 5.69 Å². The van der Waals surface area contributed by atoms with Crippen LogP contribution in [-0.4, -0.2) is 22.4 Å². The molecule has 102 valence electrons. The maximum Gasteiger partial charge on any atom is 0.230 e. The van der Waals surface area contributed by atoms with Gasteiger partial charge in [-0.05, 0) is 30.9 Å². The lowest BCUT2D eigenvalue weighted by molar-refractivity contribution is -0.122. The van der Waals surface area contributed by atoms with Crippen molar-refractivity contribution in [3.8, 4) is 0 Å². The molecule has 1 N–H and O–H groups in total. The molecule has 0 radical (unpaired) electrons. The fourth-order valence-corrected chi connectivity index (χ4v) is 3.39. The molecule has 0 bridgehead atoms. The predicted molar refractivity (Wildman–Crippen MR) is 76.6 cm³/mol. The lowest BCUT2D eigenvalue weighted by Crippen LogP contribution is -2.37. The van der Waals surface area contributed by atoms with E-state index in [2.05, 4.69) is 22.1 Å². The molecule has 1 aromatic carbocycles. The molecule has 1 aromatic heterocycles. The first-order valence-electron chi connectivity index (χ1n) is 7.23. The summed E-state index contributed by atoms with van der Waals surface area (Å²) in [5.74, 6) is 0.348. The number of H-pyrrole nitrogens is 1. The van der Waals surface area contributed by atoms with Crippen LogP contribution in [0.25, 0.3) is 0 Å². The first kappa shape index (κ1) is 11.7. The summed E-state index contributed by atoms with van der Waals surface area (Å²) in [7, 11) is 0. The molecule has 4 rings (SSSR count). The van der Waals surface area contributed by atoms with E-state index in [1.54, 1.807) is 6.33 Å². The molecule has 1 amide bonds. The lowest BCUT2D eigenvalue weighted by atomic mass is 9.88. The molecule has 1 aliphatic carbocycles. The van der Waals surface area contributed by atoms with Gasteiger partial charge in [0, 0.05) is 30.3 Å². The van der Waals surface area contributed by atoms with Crippen LogP contribution in [0.5, 0.6) is 0 Å². The molecule has 0 fully saturated rings. The van der Waals surface area contributed by atoms with Crippen molar-refractivity contribution in [3.05, 3.63) is 47.5 Å². The zero-order chi connectivity index (χ0) is 13.5. The van der Waals surface area contributed by atoms with Crippen LogP contribution in [0.1, 0.15) is 23.4 Å². The molecule has 0 saturated heterocycles. The number of amides is 1. The summed E-state index contributed by atoms with van der Waals surface area (Å²) < 4.78 is 0. The van der Waals surface area contributed by atoms with Gasteiger partial charge in [-0.2, -0.15) is 0 Å². The van der Waals surface area contributed by atoms with Crippen LogP contribution >= 0.6 is 0 Å². The summed E-state index contributed by atoms with van der Waals surface area (Å²) >= 11 is 0. The molecule has 0 spiro atoms. The van der Waals surface area contributed by atoms with E-state index >= 15 is 0 Å². The number of aromatic nitrogens is 2. The van der Waals surface area contributed by atoms with Crippen molar-refractivity contribution in [2.24, 2.45) is 5.92 Å². The summed E-state index contributed by atoms with van der Waals surface area (Å²) in [6.07, 6.45) is 5.34. The van der Waals surface area contributed by atoms with Crippen molar-refractivity contribution < 1.29 is 4.79 Å². The third-order valence-electron chi connectivity index (χ3n) is 4.49. The van der Waals surface area contributed by atoms with E-state index in [9.17, 15) is 4.79 Å². The molecule has 4 nitrogen and oxygen atoms in total. The first-order valence-corrected chi connectivity index (χ1v) is 7.23. The number of benzene rings is 1. The number of hydrogen-bond acceptors (Lipinski definition) is 2. The zero-order valence-electron chi connectivity index (χ0n) is 11.3. The summed E-state index contributed by atoms with van der Waals surface area (Å²) in [4.78, 5) is 22.3. The van der Waals surface area contributed by atoms with Crippen LogP contribution in [0, 0.1) is 5.92 Å². The standard InChI is InChI=1S/C16H17N3O/c20-16(12-5-6-13-14(9-12)18-10-17-13)19-8-7-11-3-1-2-4-15(11)19/h1-4,10,12H,5-9H2,(H,17,18). The minimum absolute atomic E-state index is 0.0805. The highest BCUT2D eigenvalue weighted by atomic mass is 16.2. The predicted octanol–water partition coefficient (Wildman–Crippen LogP) is 2.10. The van der Waals surface area contributed by atoms with Crippen LogP contribution in [0.2, 0.25) is 0 Å². The highest BCUT2D eigenvalue weighted by Gasteiger charge is 2.32. The van der Waals surface area contributed by atoms with Gasteiger partial charge in [0.05, 0.1) is 12.0 Å². The molecule has 0 saturated carbocycles. The van der Waals surface area contributed by atoms with Crippen molar-refractivity contribution >= 4 is 11.6 Å². The number of carbonyl (C=O) groups is 1. The van der Waals surface area contributed by atoms with Crippen molar-refractivity contribution in [1.82, 2.24) is 9.97 Å². The maximum absolute atomic E-state index is 12.8. The molecule has 2 aliphatic rings. The Labute approximate surface area is 117 Å². The van der Waals surface area contributed by atoms with Gasteiger partial charge in [-0.15, -0.1) is 0 Å². The smallest absolute Gasteiger partial charge is 0.230 e. The van der Waals surface area contributed by atoms with Gasteiger partial charge in [-0.1, -0.05) is 18.2 Å². The summed E-state index contributed by atoms with van der Waals surface area (Å²) in [5, 5.41) is 0. The number of nitrogens with one attached hydrogen (secondary N) is 1. The second-order valence-corrected chi connectivity index (χ2v) is 5.64. The Morgan fingerprint density at radius 3 is 3.15 bits per heavy atom. The molecule has 1 atom stereocenters. The molecule has 1 unspecified atom stereocenters. The van der Waals surface area contributed by atoms with E-state index < -0.39 is 0 Å². The number of carbonyl (C=O) groups excluding carboxylic acids is 1. The van der Waals surface area contributed by atoms with Crippen LogP contribution < -0.4 is 4.90 Å². The Hall–Kier alpha value is -2.10. The monoisotopic (exact) mass is 267 g/mol. The maximum atomic E-state index is 12.8. The van der Waals surface area contributed by atoms with Gasteiger partial charge in [0.1, 0.15) is 0 Å². The third kappa shape index (κ3) is 1.75. The number of para-hydroxylation sites is 1. The summed E-state index contributed by atoms with van der Waals surface area (Å²) in [5.41, 5.74) is 4.67. The van der Waals surface area contributed by atoms with Crippen LogP contribution in [-0.2, 0) is 24.1 Å². The van der Waals surface area contributed by atoms with E-state index in [0.717, 1.165) is 43.6 Å². The fraction of sp³-hybridized carbons (Fsp3) is 0.375.